The van der Waals surface area contributed by atoms with Crippen LogP contribution in [0.4, 0.5) is 0 Å². The van der Waals surface area contributed by atoms with Gasteiger partial charge in [-0.2, -0.15) is 0 Å². The lowest BCUT2D eigenvalue weighted by Gasteiger charge is -2.37. The summed E-state index contributed by atoms with van der Waals surface area (Å²) >= 11 is 0. The van der Waals surface area contributed by atoms with Gasteiger partial charge < -0.3 is 15.5 Å². The van der Waals surface area contributed by atoms with Crippen molar-refractivity contribution in [3.8, 4) is 0 Å². The largest absolute Gasteiger partial charge is 0.356 e. The molecule has 0 aromatic carbocycles. The fraction of sp³-hybridized carbons (Fsp3) is 0.833. The van der Waals surface area contributed by atoms with Gasteiger partial charge in [-0.15, -0.1) is 0 Å². The lowest BCUT2D eigenvalue weighted by atomic mass is 10.1. The molecule has 7 nitrogen and oxygen atoms in total. The van der Waals surface area contributed by atoms with E-state index in [-0.39, 0.29) is 23.8 Å². The van der Waals surface area contributed by atoms with Crippen LogP contribution in [0.25, 0.3) is 0 Å². The maximum atomic E-state index is 12.3. The van der Waals surface area contributed by atoms with Gasteiger partial charge in [0.15, 0.2) is 0 Å². The average molecular weight is 352 g/mol. The zero-order chi connectivity index (χ0) is 18.2. The van der Waals surface area contributed by atoms with Crippen molar-refractivity contribution in [1.29, 1.82) is 0 Å². The number of rotatable bonds is 9. The molecule has 0 aromatic rings. The van der Waals surface area contributed by atoms with Gasteiger partial charge in [-0.1, -0.05) is 6.42 Å². The van der Waals surface area contributed by atoms with Gasteiger partial charge >= 0.3 is 0 Å². The molecule has 1 saturated heterocycles. The first-order valence-corrected chi connectivity index (χ1v) is 9.54. The van der Waals surface area contributed by atoms with E-state index >= 15 is 0 Å². The number of amides is 3. The molecule has 1 aliphatic heterocycles. The Hall–Kier alpha value is -1.63. The second kappa shape index (κ2) is 9.75. The quantitative estimate of drug-likeness (QED) is 0.592. The van der Waals surface area contributed by atoms with Crippen LogP contribution in [0.2, 0.25) is 0 Å². The third kappa shape index (κ3) is 7.02. The van der Waals surface area contributed by atoms with E-state index in [9.17, 15) is 14.4 Å². The number of nitrogens with zero attached hydrogens (tertiary/aromatic N) is 2. The maximum Gasteiger partial charge on any atom is 0.237 e. The third-order valence-electron chi connectivity index (χ3n) is 4.96. The Bertz CT molecular complexity index is 471. The van der Waals surface area contributed by atoms with Crippen LogP contribution in [-0.2, 0) is 14.4 Å². The van der Waals surface area contributed by atoms with Crippen molar-refractivity contribution >= 4 is 17.7 Å². The molecule has 1 heterocycles. The summed E-state index contributed by atoms with van der Waals surface area (Å²) < 4.78 is 0. The molecular weight excluding hydrogens is 320 g/mol. The molecule has 2 N–H and O–H groups in total. The van der Waals surface area contributed by atoms with Crippen molar-refractivity contribution in [2.75, 3.05) is 32.7 Å². The summed E-state index contributed by atoms with van der Waals surface area (Å²) in [5, 5.41) is 5.81. The summed E-state index contributed by atoms with van der Waals surface area (Å²) in [5.41, 5.74) is 0. The Morgan fingerprint density at radius 3 is 2.32 bits per heavy atom. The first kappa shape index (κ1) is 19.7. The van der Waals surface area contributed by atoms with E-state index in [2.05, 4.69) is 15.5 Å². The van der Waals surface area contributed by atoms with Crippen LogP contribution in [0, 0.1) is 0 Å². The molecule has 0 bridgehead atoms. The maximum absolute atomic E-state index is 12.3. The minimum atomic E-state index is -0.119. The molecule has 3 amide bonds. The van der Waals surface area contributed by atoms with Gasteiger partial charge in [0.2, 0.25) is 17.7 Å². The van der Waals surface area contributed by atoms with Crippen LogP contribution in [0.15, 0.2) is 0 Å². The minimum Gasteiger partial charge on any atom is -0.356 e. The minimum absolute atomic E-state index is 0.00557. The Morgan fingerprint density at radius 1 is 1.04 bits per heavy atom. The summed E-state index contributed by atoms with van der Waals surface area (Å²) in [7, 11) is 0. The van der Waals surface area contributed by atoms with Crippen molar-refractivity contribution in [2.24, 2.45) is 0 Å². The van der Waals surface area contributed by atoms with E-state index < -0.39 is 0 Å². The van der Waals surface area contributed by atoms with Crippen LogP contribution in [0.5, 0.6) is 0 Å². The second-order valence-corrected chi connectivity index (χ2v) is 7.17. The average Bonchev–Trinajstić information content (AvgIpc) is 3.41. The number of piperazine rings is 1. The number of carbonyl (C=O) groups is 3. The van der Waals surface area contributed by atoms with Crippen LogP contribution in [0.3, 0.4) is 0 Å². The third-order valence-corrected chi connectivity index (χ3v) is 4.96. The highest BCUT2D eigenvalue weighted by Gasteiger charge is 2.30. The second-order valence-electron chi connectivity index (χ2n) is 7.17. The van der Waals surface area contributed by atoms with Crippen molar-refractivity contribution in [3.63, 3.8) is 0 Å². The monoisotopic (exact) mass is 352 g/mol. The first-order chi connectivity index (χ1) is 12.0. The fourth-order valence-corrected chi connectivity index (χ4v) is 3.07. The molecule has 0 aromatic heterocycles. The number of hydrogen-bond donors (Lipinski definition) is 2. The molecule has 1 unspecified atom stereocenters. The van der Waals surface area contributed by atoms with Crippen molar-refractivity contribution < 1.29 is 14.4 Å². The Balaban J connectivity index is 1.58. The molecular formula is C18H32N4O3. The van der Waals surface area contributed by atoms with Gasteiger partial charge in [0, 0.05) is 52.1 Å². The van der Waals surface area contributed by atoms with Crippen LogP contribution < -0.4 is 10.6 Å². The van der Waals surface area contributed by atoms with E-state index in [0.717, 1.165) is 45.2 Å². The van der Waals surface area contributed by atoms with Crippen LogP contribution in [-0.4, -0.2) is 72.3 Å². The zero-order valence-electron chi connectivity index (χ0n) is 15.6. The highest BCUT2D eigenvalue weighted by molar-refractivity contribution is 5.82. The number of nitrogens with one attached hydrogen (secondary N) is 2. The van der Waals surface area contributed by atoms with Crippen molar-refractivity contribution in [2.45, 2.75) is 64.5 Å². The SMILES string of the molecule is CC(=O)NCCCCCC(=O)N1CCN(C(C)C(=O)NC2CC2)CC1. The number of unbranched alkanes of at least 4 members (excludes halogenated alkanes) is 2. The fourth-order valence-electron chi connectivity index (χ4n) is 3.07. The molecule has 0 spiro atoms. The summed E-state index contributed by atoms with van der Waals surface area (Å²) in [6.45, 7) is 7.06. The summed E-state index contributed by atoms with van der Waals surface area (Å²) in [4.78, 5) is 39.2. The van der Waals surface area contributed by atoms with Gasteiger partial charge in [-0.3, -0.25) is 19.3 Å². The predicted molar refractivity (Wildman–Crippen MR) is 95.9 cm³/mol. The van der Waals surface area contributed by atoms with E-state index in [0.29, 0.717) is 32.1 Å². The van der Waals surface area contributed by atoms with Gasteiger partial charge in [-0.05, 0) is 32.6 Å². The molecule has 142 valence electrons. The standard InChI is InChI=1S/C18H32N4O3/c1-14(18(25)20-16-7-8-16)21-10-12-22(13-11-21)17(24)6-4-3-5-9-19-15(2)23/h14,16H,3-13H2,1-2H3,(H,19,23)(H,20,25). The Morgan fingerprint density at radius 2 is 1.72 bits per heavy atom. The normalized spacial score (nSPS) is 19.4. The Kier molecular flexibility index (Phi) is 7.68. The smallest absolute Gasteiger partial charge is 0.237 e. The van der Waals surface area contributed by atoms with E-state index in [1.54, 1.807) is 0 Å². The topological polar surface area (TPSA) is 81.8 Å². The summed E-state index contributed by atoms with van der Waals surface area (Å²) in [6, 6.07) is 0.273. The highest BCUT2D eigenvalue weighted by Crippen LogP contribution is 2.19. The van der Waals surface area contributed by atoms with Gasteiger partial charge in [0.05, 0.1) is 6.04 Å². The molecule has 1 aliphatic carbocycles. The Labute approximate surface area is 150 Å². The van der Waals surface area contributed by atoms with Gasteiger partial charge in [0.1, 0.15) is 0 Å². The summed E-state index contributed by atoms with van der Waals surface area (Å²) in [5.74, 6) is 0.310. The molecule has 1 atom stereocenters. The lowest BCUT2D eigenvalue weighted by molar-refractivity contribution is -0.134. The molecule has 7 heteroatoms. The van der Waals surface area contributed by atoms with Gasteiger partial charge in [-0.25, -0.2) is 0 Å². The van der Waals surface area contributed by atoms with Crippen LogP contribution in [0.1, 0.15) is 52.4 Å². The molecule has 0 radical (unpaired) electrons. The molecule has 2 rings (SSSR count). The van der Waals surface area contributed by atoms with E-state index in [4.69, 9.17) is 0 Å². The molecule has 25 heavy (non-hydrogen) atoms. The van der Waals surface area contributed by atoms with Crippen LogP contribution >= 0.6 is 0 Å². The summed E-state index contributed by atoms with van der Waals surface area (Å²) in [6.07, 6.45) is 5.49. The predicted octanol–water partition coefficient (Wildman–Crippen LogP) is 0.494. The van der Waals surface area contributed by atoms with Crippen molar-refractivity contribution in [1.82, 2.24) is 20.4 Å². The molecule has 2 aliphatic rings. The lowest BCUT2D eigenvalue weighted by Crippen LogP contribution is -2.55. The van der Waals surface area contributed by atoms with E-state index in [1.165, 1.54) is 6.92 Å². The van der Waals surface area contributed by atoms with E-state index in [1.807, 2.05) is 11.8 Å². The number of hydrogen-bond acceptors (Lipinski definition) is 4. The van der Waals surface area contributed by atoms with Crippen molar-refractivity contribution in [3.05, 3.63) is 0 Å². The molecule has 2 fully saturated rings. The number of carbonyl (C=O) groups excluding carboxylic acids is 3. The zero-order valence-corrected chi connectivity index (χ0v) is 15.6. The molecule has 1 saturated carbocycles. The first-order valence-electron chi connectivity index (χ1n) is 9.54. The highest BCUT2D eigenvalue weighted by atomic mass is 16.2. The van der Waals surface area contributed by atoms with Gasteiger partial charge in [0.25, 0.3) is 0 Å².